The van der Waals surface area contributed by atoms with Gasteiger partial charge < -0.3 is 0 Å². The lowest BCUT2D eigenvalue weighted by molar-refractivity contribution is 1.09. The van der Waals surface area contributed by atoms with E-state index in [2.05, 4.69) is 66.5 Å². The molecule has 0 bridgehead atoms. The van der Waals surface area contributed by atoms with Crippen LogP contribution in [-0.4, -0.2) is 0 Å². The van der Waals surface area contributed by atoms with Crippen LogP contribution in [0.25, 0.3) is 0 Å². The number of hydrogen-bond acceptors (Lipinski definition) is 1. The molecule has 1 aromatic heterocycles. The van der Waals surface area contributed by atoms with Gasteiger partial charge in [-0.05, 0) is 66.3 Å². The van der Waals surface area contributed by atoms with Gasteiger partial charge >= 0.3 is 0 Å². The lowest BCUT2D eigenvalue weighted by atomic mass is 9.94. The van der Waals surface area contributed by atoms with Crippen molar-refractivity contribution in [2.75, 3.05) is 0 Å². The normalized spacial score (nSPS) is 12.8. The molecule has 0 fully saturated rings. The smallest absolute Gasteiger partial charge is 0.0660 e. The number of thiophene rings is 1. The summed E-state index contributed by atoms with van der Waals surface area (Å²) in [7, 11) is 0. The predicted octanol–water partition coefficient (Wildman–Crippen LogP) is 5.47. The minimum atomic E-state index is 0.314. The maximum atomic E-state index is 3.86. The molecule has 0 saturated heterocycles. The summed E-state index contributed by atoms with van der Waals surface area (Å²) in [5.41, 5.74) is 8.26. The summed E-state index contributed by atoms with van der Waals surface area (Å²) in [5, 5.41) is 4.45. The molecule has 90 valence electrons. The number of benzene rings is 1. The molecule has 0 nitrogen and oxygen atoms in total. The van der Waals surface area contributed by atoms with Crippen molar-refractivity contribution in [3.8, 4) is 0 Å². The summed E-state index contributed by atoms with van der Waals surface area (Å²) in [6.45, 7) is 8.73. The zero-order valence-corrected chi connectivity index (χ0v) is 13.1. The Kier molecular flexibility index (Phi) is 3.74. The fourth-order valence-electron chi connectivity index (χ4n) is 2.38. The van der Waals surface area contributed by atoms with E-state index >= 15 is 0 Å². The van der Waals surface area contributed by atoms with Gasteiger partial charge in [0.1, 0.15) is 0 Å². The molecule has 2 rings (SSSR count). The Balaban J connectivity index is 2.51. The third kappa shape index (κ3) is 2.48. The molecule has 1 heterocycles. The van der Waals surface area contributed by atoms with Gasteiger partial charge in [-0.2, -0.15) is 11.3 Å². The molecular weight excluding hydrogens is 292 g/mol. The average Bonchev–Trinajstić information content (AvgIpc) is 2.62. The molecule has 0 aliphatic carbocycles. The van der Waals surface area contributed by atoms with Gasteiger partial charge in [-0.25, -0.2) is 0 Å². The minimum Gasteiger partial charge on any atom is -0.152 e. The van der Waals surface area contributed by atoms with Crippen LogP contribution < -0.4 is 0 Å². The van der Waals surface area contributed by atoms with Crippen LogP contribution in [-0.2, 0) is 0 Å². The van der Waals surface area contributed by atoms with Gasteiger partial charge in [0.15, 0.2) is 0 Å². The van der Waals surface area contributed by atoms with Gasteiger partial charge in [-0.15, -0.1) is 0 Å². The van der Waals surface area contributed by atoms with Crippen LogP contribution in [0.2, 0.25) is 0 Å². The van der Waals surface area contributed by atoms with Gasteiger partial charge in [-0.1, -0.05) is 33.6 Å². The van der Waals surface area contributed by atoms with E-state index in [1.165, 1.54) is 33.4 Å². The van der Waals surface area contributed by atoms with Crippen LogP contribution in [0, 0.1) is 27.7 Å². The van der Waals surface area contributed by atoms with Crippen LogP contribution in [0.15, 0.2) is 22.9 Å². The van der Waals surface area contributed by atoms with Crippen LogP contribution >= 0.6 is 27.3 Å². The van der Waals surface area contributed by atoms with Gasteiger partial charge in [0.25, 0.3) is 0 Å². The summed E-state index contributed by atoms with van der Waals surface area (Å²) in [4.78, 5) is 0.314. The Labute approximate surface area is 116 Å². The molecule has 0 N–H and O–H groups in total. The van der Waals surface area contributed by atoms with Crippen molar-refractivity contribution in [1.82, 2.24) is 0 Å². The Morgan fingerprint density at radius 1 is 0.941 bits per heavy atom. The first kappa shape index (κ1) is 12.8. The second kappa shape index (κ2) is 4.95. The van der Waals surface area contributed by atoms with Gasteiger partial charge in [0, 0.05) is 0 Å². The second-order valence-corrected chi connectivity index (χ2v) is 6.34. The molecule has 0 aliphatic heterocycles. The third-order valence-corrected chi connectivity index (χ3v) is 4.99. The highest BCUT2D eigenvalue weighted by Gasteiger charge is 2.17. The Bertz CT molecular complexity index is 517. The lowest BCUT2D eigenvalue weighted by Gasteiger charge is -2.17. The van der Waals surface area contributed by atoms with Crippen molar-refractivity contribution in [3.05, 3.63) is 56.3 Å². The zero-order chi connectivity index (χ0) is 12.6. The molecule has 0 radical (unpaired) electrons. The highest BCUT2D eigenvalue weighted by atomic mass is 79.9. The van der Waals surface area contributed by atoms with E-state index in [0.717, 1.165) is 0 Å². The van der Waals surface area contributed by atoms with Gasteiger partial charge in [0.2, 0.25) is 0 Å². The van der Waals surface area contributed by atoms with E-state index in [4.69, 9.17) is 0 Å². The topological polar surface area (TPSA) is 0 Å². The second-order valence-electron chi connectivity index (χ2n) is 4.69. The summed E-state index contributed by atoms with van der Waals surface area (Å²) < 4.78 is 0. The summed E-state index contributed by atoms with van der Waals surface area (Å²) in [6, 6.07) is 4.52. The number of alkyl halides is 1. The molecule has 0 amide bonds. The molecule has 1 unspecified atom stereocenters. The van der Waals surface area contributed by atoms with Crippen LogP contribution in [0.5, 0.6) is 0 Å². The highest BCUT2D eigenvalue weighted by molar-refractivity contribution is 9.09. The number of hydrogen-bond donors (Lipinski definition) is 0. The van der Waals surface area contributed by atoms with E-state index < -0.39 is 0 Å². The Morgan fingerprint density at radius 2 is 1.53 bits per heavy atom. The average molecular weight is 309 g/mol. The zero-order valence-electron chi connectivity index (χ0n) is 10.7. The number of rotatable bonds is 2. The summed E-state index contributed by atoms with van der Waals surface area (Å²) in [5.74, 6) is 0. The van der Waals surface area contributed by atoms with Crippen LogP contribution in [0.1, 0.15) is 38.2 Å². The van der Waals surface area contributed by atoms with E-state index in [0.29, 0.717) is 4.83 Å². The number of aryl methyl sites for hydroxylation is 4. The van der Waals surface area contributed by atoms with Gasteiger partial charge in [0.05, 0.1) is 4.83 Å². The van der Waals surface area contributed by atoms with E-state index in [1.807, 2.05) is 0 Å². The van der Waals surface area contributed by atoms with Crippen molar-refractivity contribution >= 4 is 27.3 Å². The van der Waals surface area contributed by atoms with Crippen molar-refractivity contribution in [3.63, 3.8) is 0 Å². The van der Waals surface area contributed by atoms with Crippen molar-refractivity contribution < 1.29 is 0 Å². The quantitative estimate of drug-likeness (QED) is 0.646. The Morgan fingerprint density at radius 3 is 2.00 bits per heavy atom. The predicted molar refractivity (Wildman–Crippen MR) is 80.5 cm³/mol. The van der Waals surface area contributed by atoms with E-state index in [-0.39, 0.29) is 0 Å². The fraction of sp³-hybridized carbons (Fsp3) is 0.333. The Hall–Kier alpha value is -0.600. The molecular formula is C15H17BrS. The van der Waals surface area contributed by atoms with Crippen LogP contribution in [0.3, 0.4) is 0 Å². The highest BCUT2D eigenvalue weighted by Crippen LogP contribution is 2.38. The molecule has 17 heavy (non-hydrogen) atoms. The molecule has 2 heteroatoms. The SMILES string of the molecule is Cc1cc(C)c(C(Br)c2cscc2C)c(C)c1. The van der Waals surface area contributed by atoms with Crippen LogP contribution in [0.4, 0.5) is 0 Å². The molecule has 1 atom stereocenters. The fourth-order valence-corrected chi connectivity index (χ4v) is 4.64. The number of halogens is 1. The standard InChI is InChI=1S/C15H17BrS/c1-9-5-10(2)14(11(3)6-9)15(16)13-8-17-7-12(13)4/h5-8,15H,1-4H3. The summed E-state index contributed by atoms with van der Waals surface area (Å²) >= 11 is 5.63. The van der Waals surface area contributed by atoms with Gasteiger partial charge in [-0.3, -0.25) is 0 Å². The molecule has 1 aromatic carbocycles. The van der Waals surface area contributed by atoms with E-state index in [9.17, 15) is 0 Å². The van der Waals surface area contributed by atoms with Crippen molar-refractivity contribution in [2.24, 2.45) is 0 Å². The monoisotopic (exact) mass is 308 g/mol. The van der Waals surface area contributed by atoms with Crippen molar-refractivity contribution in [2.45, 2.75) is 32.5 Å². The molecule has 2 aromatic rings. The maximum absolute atomic E-state index is 3.86. The lowest BCUT2D eigenvalue weighted by Crippen LogP contribution is -2.00. The third-order valence-electron chi connectivity index (χ3n) is 3.16. The summed E-state index contributed by atoms with van der Waals surface area (Å²) in [6.07, 6.45) is 0. The first-order valence-corrected chi connectivity index (χ1v) is 7.61. The molecule has 0 spiro atoms. The molecule has 0 saturated carbocycles. The minimum absolute atomic E-state index is 0.314. The first-order valence-electron chi connectivity index (χ1n) is 5.75. The molecule has 0 aliphatic rings. The first-order chi connectivity index (χ1) is 8.00. The largest absolute Gasteiger partial charge is 0.152 e. The van der Waals surface area contributed by atoms with E-state index in [1.54, 1.807) is 11.3 Å². The maximum Gasteiger partial charge on any atom is 0.0660 e. The van der Waals surface area contributed by atoms with Crippen molar-refractivity contribution in [1.29, 1.82) is 0 Å².